The summed E-state index contributed by atoms with van der Waals surface area (Å²) in [6.07, 6.45) is 1.86. The monoisotopic (exact) mass is 309 g/mol. The van der Waals surface area contributed by atoms with Crippen molar-refractivity contribution < 1.29 is 19.0 Å². The Balaban J connectivity index is 2.80. The van der Waals surface area contributed by atoms with E-state index >= 15 is 0 Å². The highest BCUT2D eigenvalue weighted by Gasteiger charge is 2.15. The summed E-state index contributed by atoms with van der Waals surface area (Å²) in [5, 5.41) is 3.12. The van der Waals surface area contributed by atoms with Crippen LogP contribution >= 0.6 is 0 Å². The number of hydrogen-bond acceptors (Lipinski definition) is 5. The van der Waals surface area contributed by atoms with Gasteiger partial charge in [-0.25, -0.2) is 4.79 Å². The molecular weight excluding hydrogens is 282 g/mol. The molecule has 1 rings (SSSR count). The molecule has 0 saturated carbocycles. The Hall–Kier alpha value is -1.91. The largest absolute Gasteiger partial charge is 0.490 e. The summed E-state index contributed by atoms with van der Waals surface area (Å²) >= 11 is 0. The first-order chi connectivity index (χ1) is 10.6. The zero-order chi connectivity index (χ0) is 16.4. The van der Waals surface area contributed by atoms with Crippen LogP contribution in [0.4, 0.5) is 5.69 Å². The Morgan fingerprint density at radius 1 is 1.09 bits per heavy atom. The number of anilines is 1. The third-order valence-corrected chi connectivity index (χ3v) is 2.89. The lowest BCUT2D eigenvalue weighted by Crippen LogP contribution is -2.28. The molecular formula is C17H27NO4. The highest BCUT2D eigenvalue weighted by Crippen LogP contribution is 2.31. The van der Waals surface area contributed by atoms with E-state index in [1.54, 1.807) is 13.8 Å². The van der Waals surface area contributed by atoms with Crippen LogP contribution in [0.5, 0.6) is 11.5 Å². The minimum atomic E-state index is -0.415. The van der Waals surface area contributed by atoms with E-state index in [9.17, 15) is 4.79 Å². The molecule has 0 amide bonds. The van der Waals surface area contributed by atoms with Crippen LogP contribution in [0.2, 0.25) is 0 Å². The van der Waals surface area contributed by atoms with Gasteiger partial charge in [-0.05, 0) is 38.8 Å². The van der Waals surface area contributed by atoms with Crippen molar-refractivity contribution in [2.24, 2.45) is 0 Å². The van der Waals surface area contributed by atoms with Crippen LogP contribution in [0.15, 0.2) is 18.2 Å². The first-order valence-corrected chi connectivity index (χ1v) is 7.95. The second kappa shape index (κ2) is 9.92. The fraction of sp³-hybridized carbons (Fsp3) is 0.588. The average molecular weight is 309 g/mol. The summed E-state index contributed by atoms with van der Waals surface area (Å²) < 4.78 is 16.4. The second-order valence-corrected chi connectivity index (χ2v) is 4.98. The maximum absolute atomic E-state index is 11.7. The summed E-state index contributed by atoms with van der Waals surface area (Å²) in [7, 11) is 0. The van der Waals surface area contributed by atoms with E-state index in [1.807, 2.05) is 18.2 Å². The molecule has 5 nitrogen and oxygen atoms in total. The molecule has 0 bridgehead atoms. The van der Waals surface area contributed by atoms with Crippen LogP contribution in [0.25, 0.3) is 0 Å². The summed E-state index contributed by atoms with van der Waals surface area (Å²) in [5.74, 6) is 1.14. The summed E-state index contributed by atoms with van der Waals surface area (Å²) in [6.45, 7) is 9.32. The molecule has 1 aromatic carbocycles. The molecule has 0 aromatic heterocycles. The van der Waals surface area contributed by atoms with Gasteiger partial charge in [-0.1, -0.05) is 13.8 Å². The lowest BCUT2D eigenvalue weighted by atomic mass is 10.2. The molecule has 0 spiro atoms. The maximum Gasteiger partial charge on any atom is 0.328 e. The fourth-order valence-electron chi connectivity index (χ4n) is 1.83. The van der Waals surface area contributed by atoms with E-state index < -0.39 is 6.04 Å². The quantitative estimate of drug-likeness (QED) is 0.669. The molecule has 0 radical (unpaired) electrons. The molecule has 5 heteroatoms. The number of carbonyl (C=O) groups is 1. The smallest absolute Gasteiger partial charge is 0.328 e. The number of hydrogen-bond donors (Lipinski definition) is 1. The van der Waals surface area contributed by atoms with Crippen molar-refractivity contribution in [3.05, 3.63) is 18.2 Å². The average Bonchev–Trinajstić information content (AvgIpc) is 2.52. The van der Waals surface area contributed by atoms with Gasteiger partial charge in [-0.2, -0.15) is 0 Å². The van der Waals surface area contributed by atoms with Crippen molar-refractivity contribution in [2.45, 2.75) is 46.6 Å². The fourth-order valence-corrected chi connectivity index (χ4v) is 1.83. The van der Waals surface area contributed by atoms with Gasteiger partial charge in [-0.3, -0.25) is 0 Å². The van der Waals surface area contributed by atoms with Crippen LogP contribution in [0.1, 0.15) is 40.5 Å². The molecule has 0 aliphatic rings. The predicted molar refractivity (Wildman–Crippen MR) is 87.7 cm³/mol. The van der Waals surface area contributed by atoms with Crippen molar-refractivity contribution in [1.29, 1.82) is 0 Å². The molecule has 1 unspecified atom stereocenters. The van der Waals surface area contributed by atoms with Gasteiger partial charge in [0, 0.05) is 11.8 Å². The van der Waals surface area contributed by atoms with Crippen molar-refractivity contribution in [3.63, 3.8) is 0 Å². The van der Waals surface area contributed by atoms with Crippen LogP contribution in [0, 0.1) is 0 Å². The Bertz CT molecular complexity index is 462. The van der Waals surface area contributed by atoms with Gasteiger partial charge in [0.05, 0.1) is 19.8 Å². The topological polar surface area (TPSA) is 56.8 Å². The number of ether oxygens (including phenoxy) is 3. The van der Waals surface area contributed by atoms with Crippen LogP contribution < -0.4 is 14.8 Å². The van der Waals surface area contributed by atoms with Crippen LogP contribution in [0.3, 0.4) is 0 Å². The Labute approximate surface area is 132 Å². The highest BCUT2D eigenvalue weighted by atomic mass is 16.5. The minimum absolute atomic E-state index is 0.273. The Morgan fingerprint density at radius 2 is 1.73 bits per heavy atom. The predicted octanol–water partition coefficient (Wildman–Crippen LogP) is 3.63. The molecule has 124 valence electrons. The number of benzene rings is 1. The lowest BCUT2D eigenvalue weighted by molar-refractivity contribution is -0.143. The third kappa shape index (κ3) is 5.84. The summed E-state index contributed by atoms with van der Waals surface area (Å²) in [6, 6.07) is 5.18. The van der Waals surface area contributed by atoms with Crippen molar-refractivity contribution in [3.8, 4) is 11.5 Å². The van der Waals surface area contributed by atoms with E-state index in [-0.39, 0.29) is 5.97 Å². The number of carbonyl (C=O) groups excluding carboxylic acids is 1. The zero-order valence-electron chi connectivity index (χ0n) is 14.0. The van der Waals surface area contributed by atoms with Gasteiger partial charge in [-0.15, -0.1) is 0 Å². The van der Waals surface area contributed by atoms with Crippen molar-refractivity contribution in [2.75, 3.05) is 25.1 Å². The minimum Gasteiger partial charge on any atom is -0.490 e. The van der Waals surface area contributed by atoms with E-state index in [0.717, 1.165) is 24.3 Å². The Kier molecular flexibility index (Phi) is 8.18. The molecule has 0 fully saturated rings. The first kappa shape index (κ1) is 18.1. The molecule has 0 saturated heterocycles. The summed E-state index contributed by atoms with van der Waals surface area (Å²) in [4.78, 5) is 11.7. The van der Waals surface area contributed by atoms with Gasteiger partial charge in [0.2, 0.25) is 0 Å². The normalized spacial score (nSPS) is 11.6. The van der Waals surface area contributed by atoms with Crippen molar-refractivity contribution in [1.82, 2.24) is 0 Å². The van der Waals surface area contributed by atoms with Gasteiger partial charge in [0.25, 0.3) is 0 Å². The van der Waals surface area contributed by atoms with Gasteiger partial charge < -0.3 is 19.5 Å². The molecule has 0 heterocycles. The maximum atomic E-state index is 11.7. The SMILES string of the molecule is CCCOc1ccc(NC(C)C(=O)OCC)cc1OCCC. The molecule has 1 aromatic rings. The number of rotatable bonds is 10. The van der Waals surface area contributed by atoms with E-state index in [1.165, 1.54) is 0 Å². The van der Waals surface area contributed by atoms with Crippen LogP contribution in [-0.2, 0) is 9.53 Å². The molecule has 22 heavy (non-hydrogen) atoms. The number of esters is 1. The molecule has 1 N–H and O–H groups in total. The second-order valence-electron chi connectivity index (χ2n) is 4.98. The number of nitrogens with one attached hydrogen (secondary N) is 1. The molecule has 0 aliphatic carbocycles. The van der Waals surface area contributed by atoms with Gasteiger partial charge >= 0.3 is 5.97 Å². The third-order valence-electron chi connectivity index (χ3n) is 2.89. The van der Waals surface area contributed by atoms with Gasteiger partial charge in [0.1, 0.15) is 6.04 Å². The van der Waals surface area contributed by atoms with Crippen LogP contribution in [-0.4, -0.2) is 31.8 Å². The standard InChI is InChI=1S/C17H27NO4/c1-5-10-21-15-9-8-14(12-16(15)22-11-6-2)18-13(4)17(19)20-7-3/h8-9,12-13,18H,5-7,10-11H2,1-4H3. The van der Waals surface area contributed by atoms with E-state index in [0.29, 0.717) is 25.6 Å². The summed E-state index contributed by atoms with van der Waals surface area (Å²) in [5.41, 5.74) is 0.801. The van der Waals surface area contributed by atoms with Gasteiger partial charge in [0.15, 0.2) is 11.5 Å². The zero-order valence-corrected chi connectivity index (χ0v) is 14.0. The molecule has 0 aliphatic heterocycles. The van der Waals surface area contributed by atoms with E-state index in [4.69, 9.17) is 14.2 Å². The lowest BCUT2D eigenvalue weighted by Gasteiger charge is -2.17. The Morgan fingerprint density at radius 3 is 2.32 bits per heavy atom. The van der Waals surface area contributed by atoms with E-state index in [2.05, 4.69) is 19.2 Å². The van der Waals surface area contributed by atoms with Crippen molar-refractivity contribution >= 4 is 11.7 Å². The first-order valence-electron chi connectivity index (χ1n) is 7.95. The highest BCUT2D eigenvalue weighted by molar-refractivity contribution is 5.79. The molecule has 1 atom stereocenters.